The highest BCUT2D eigenvalue weighted by molar-refractivity contribution is 5.82. The van der Waals surface area contributed by atoms with Gasteiger partial charge in [0.05, 0.1) is 5.41 Å². The molecule has 0 aliphatic carbocycles. The minimum Gasteiger partial charge on any atom is -0.369 e. The van der Waals surface area contributed by atoms with Crippen LogP contribution in [-0.4, -0.2) is 29.5 Å². The molecule has 0 bridgehead atoms. The third-order valence-corrected chi connectivity index (χ3v) is 2.44. The maximum Gasteiger partial charge on any atom is 0.227 e. The average Bonchev–Trinajstić information content (AvgIpc) is 2.34. The summed E-state index contributed by atoms with van der Waals surface area (Å²) in [5.74, 6) is 6.21. The van der Waals surface area contributed by atoms with Crippen molar-refractivity contribution in [3.63, 3.8) is 0 Å². The highest BCUT2D eigenvalue weighted by atomic mass is 16.2. The van der Waals surface area contributed by atoms with Crippen LogP contribution in [0.1, 0.15) is 13.8 Å². The predicted molar refractivity (Wildman–Crippen MR) is 70.6 cm³/mol. The molecule has 0 spiro atoms. The number of nitrogens with zero attached hydrogens (tertiary/aromatic N) is 2. The molecule has 1 aromatic rings. The highest BCUT2D eigenvalue weighted by Gasteiger charge is 2.26. The topological polar surface area (TPSA) is 131 Å². The zero-order valence-electron chi connectivity index (χ0n) is 10.7. The molecule has 0 atom stereocenters. The standard InChI is InChI=1S/C10H19N7O/c1-10(2,8(18)13-3)5-14-6-4-7(17-12)16-9(11)15-6/h4H,5,12H2,1-3H3,(H,13,18)(H4,11,14,15,16,17). The second-order valence-electron chi connectivity index (χ2n) is 4.46. The Labute approximate surface area is 106 Å². The molecule has 0 aliphatic heterocycles. The lowest BCUT2D eigenvalue weighted by Gasteiger charge is -2.23. The van der Waals surface area contributed by atoms with Crippen LogP contribution in [0.15, 0.2) is 6.07 Å². The third kappa shape index (κ3) is 3.45. The van der Waals surface area contributed by atoms with Crippen molar-refractivity contribution >= 4 is 23.5 Å². The first-order valence-corrected chi connectivity index (χ1v) is 5.46. The molecule has 0 unspecified atom stereocenters. The van der Waals surface area contributed by atoms with Crippen LogP contribution < -0.4 is 27.6 Å². The Balaban J connectivity index is 2.74. The number of nitrogens with two attached hydrogens (primary N) is 2. The van der Waals surface area contributed by atoms with E-state index >= 15 is 0 Å². The summed E-state index contributed by atoms with van der Waals surface area (Å²) < 4.78 is 0. The van der Waals surface area contributed by atoms with Crippen molar-refractivity contribution in [3.8, 4) is 0 Å². The number of amides is 1. The molecule has 1 amide bonds. The molecule has 0 saturated heterocycles. The van der Waals surface area contributed by atoms with E-state index in [1.165, 1.54) is 0 Å². The lowest BCUT2D eigenvalue weighted by molar-refractivity contribution is -0.128. The number of nitrogens with one attached hydrogen (secondary N) is 3. The van der Waals surface area contributed by atoms with Crippen LogP contribution >= 0.6 is 0 Å². The van der Waals surface area contributed by atoms with E-state index in [-0.39, 0.29) is 11.9 Å². The number of nitrogen functional groups attached to an aromatic ring is 2. The van der Waals surface area contributed by atoms with Crippen LogP contribution in [0.25, 0.3) is 0 Å². The van der Waals surface area contributed by atoms with Crippen molar-refractivity contribution < 1.29 is 4.79 Å². The Morgan fingerprint density at radius 2 is 2.00 bits per heavy atom. The second-order valence-corrected chi connectivity index (χ2v) is 4.46. The van der Waals surface area contributed by atoms with E-state index in [1.807, 2.05) is 13.8 Å². The number of anilines is 3. The van der Waals surface area contributed by atoms with E-state index in [4.69, 9.17) is 11.6 Å². The van der Waals surface area contributed by atoms with E-state index in [9.17, 15) is 4.79 Å². The molecule has 18 heavy (non-hydrogen) atoms. The molecule has 1 aromatic heterocycles. The van der Waals surface area contributed by atoms with Gasteiger partial charge in [-0.15, -0.1) is 0 Å². The zero-order valence-corrected chi connectivity index (χ0v) is 10.7. The second kappa shape index (κ2) is 5.50. The molecule has 100 valence electrons. The van der Waals surface area contributed by atoms with Gasteiger partial charge >= 0.3 is 0 Å². The summed E-state index contributed by atoms with van der Waals surface area (Å²) in [6.45, 7) is 4.06. The van der Waals surface area contributed by atoms with Crippen LogP contribution in [0.2, 0.25) is 0 Å². The molecule has 1 rings (SSSR count). The molecule has 1 heterocycles. The van der Waals surface area contributed by atoms with Crippen LogP contribution in [0, 0.1) is 5.41 Å². The third-order valence-electron chi connectivity index (χ3n) is 2.44. The number of carbonyl (C=O) groups is 1. The minimum absolute atomic E-state index is 0.0609. The largest absolute Gasteiger partial charge is 0.369 e. The van der Waals surface area contributed by atoms with Gasteiger partial charge in [-0.25, -0.2) is 5.84 Å². The van der Waals surface area contributed by atoms with E-state index in [0.717, 1.165) is 0 Å². The fourth-order valence-electron chi connectivity index (χ4n) is 1.36. The van der Waals surface area contributed by atoms with Gasteiger partial charge in [0.1, 0.15) is 11.6 Å². The summed E-state index contributed by atoms with van der Waals surface area (Å²) in [4.78, 5) is 19.5. The Hall–Kier alpha value is -2.09. The lowest BCUT2D eigenvalue weighted by Crippen LogP contribution is -2.39. The van der Waals surface area contributed by atoms with Crippen molar-refractivity contribution in [1.82, 2.24) is 15.3 Å². The molecule has 0 fully saturated rings. The van der Waals surface area contributed by atoms with Gasteiger partial charge in [0.2, 0.25) is 11.9 Å². The van der Waals surface area contributed by atoms with Crippen molar-refractivity contribution in [2.75, 3.05) is 30.1 Å². The summed E-state index contributed by atoms with van der Waals surface area (Å²) in [6, 6.07) is 1.61. The van der Waals surface area contributed by atoms with Crippen LogP contribution in [0.4, 0.5) is 17.6 Å². The Bertz CT molecular complexity index is 432. The van der Waals surface area contributed by atoms with Crippen LogP contribution in [0.5, 0.6) is 0 Å². The maximum atomic E-state index is 11.6. The normalized spacial score (nSPS) is 10.9. The molecular formula is C10H19N7O. The number of hydrogen-bond donors (Lipinski definition) is 5. The number of rotatable bonds is 5. The van der Waals surface area contributed by atoms with Gasteiger partial charge in [0.25, 0.3) is 0 Å². The Kier molecular flexibility index (Phi) is 4.27. The Morgan fingerprint density at radius 1 is 1.39 bits per heavy atom. The van der Waals surface area contributed by atoms with E-state index in [0.29, 0.717) is 18.2 Å². The zero-order chi connectivity index (χ0) is 13.8. The first kappa shape index (κ1) is 14.0. The monoisotopic (exact) mass is 253 g/mol. The first-order valence-electron chi connectivity index (χ1n) is 5.46. The summed E-state index contributed by atoms with van der Waals surface area (Å²) in [7, 11) is 1.60. The van der Waals surface area contributed by atoms with Gasteiger partial charge in [-0.2, -0.15) is 9.97 Å². The first-order chi connectivity index (χ1) is 8.39. The maximum absolute atomic E-state index is 11.6. The number of hydrazine groups is 1. The van der Waals surface area contributed by atoms with Gasteiger partial charge in [0.15, 0.2) is 0 Å². The van der Waals surface area contributed by atoms with Crippen molar-refractivity contribution in [3.05, 3.63) is 6.07 Å². The fraction of sp³-hybridized carbons (Fsp3) is 0.500. The molecular weight excluding hydrogens is 234 g/mol. The summed E-state index contributed by atoms with van der Waals surface area (Å²) in [6.07, 6.45) is 0. The van der Waals surface area contributed by atoms with Crippen LogP contribution in [-0.2, 0) is 4.79 Å². The Morgan fingerprint density at radius 3 is 2.56 bits per heavy atom. The quantitative estimate of drug-likeness (QED) is 0.354. The van der Waals surface area contributed by atoms with Gasteiger partial charge in [-0.05, 0) is 13.8 Å². The molecule has 0 aliphatic rings. The minimum atomic E-state index is -0.565. The summed E-state index contributed by atoms with van der Waals surface area (Å²) >= 11 is 0. The van der Waals surface area contributed by atoms with Gasteiger partial charge in [-0.3, -0.25) is 4.79 Å². The van der Waals surface area contributed by atoms with Gasteiger partial charge in [0, 0.05) is 19.7 Å². The molecule has 8 heteroatoms. The van der Waals surface area contributed by atoms with E-state index in [1.54, 1.807) is 13.1 Å². The molecule has 0 saturated carbocycles. The van der Waals surface area contributed by atoms with Crippen molar-refractivity contribution in [1.29, 1.82) is 0 Å². The fourth-order valence-corrected chi connectivity index (χ4v) is 1.36. The molecule has 0 radical (unpaired) electrons. The highest BCUT2D eigenvalue weighted by Crippen LogP contribution is 2.17. The van der Waals surface area contributed by atoms with Gasteiger partial charge in [-0.1, -0.05) is 0 Å². The van der Waals surface area contributed by atoms with E-state index < -0.39 is 5.41 Å². The number of hydrogen-bond acceptors (Lipinski definition) is 7. The smallest absolute Gasteiger partial charge is 0.227 e. The number of carbonyl (C=O) groups excluding carboxylic acids is 1. The van der Waals surface area contributed by atoms with E-state index in [2.05, 4.69) is 26.0 Å². The van der Waals surface area contributed by atoms with Gasteiger partial charge < -0.3 is 21.8 Å². The number of aromatic nitrogens is 2. The summed E-state index contributed by atoms with van der Waals surface area (Å²) in [5, 5.41) is 5.63. The lowest BCUT2D eigenvalue weighted by atomic mass is 9.92. The van der Waals surface area contributed by atoms with Crippen molar-refractivity contribution in [2.45, 2.75) is 13.8 Å². The molecule has 7 N–H and O–H groups in total. The molecule has 0 aromatic carbocycles. The van der Waals surface area contributed by atoms with Crippen LogP contribution in [0.3, 0.4) is 0 Å². The average molecular weight is 253 g/mol. The molecule has 8 nitrogen and oxygen atoms in total. The summed E-state index contributed by atoms with van der Waals surface area (Å²) in [5.41, 5.74) is 7.35. The predicted octanol–water partition coefficient (Wildman–Crippen LogP) is -0.471. The van der Waals surface area contributed by atoms with Crippen molar-refractivity contribution in [2.24, 2.45) is 11.3 Å². The SMILES string of the molecule is CNC(=O)C(C)(C)CNc1cc(NN)nc(N)n1.